The Bertz CT molecular complexity index is 698. The molecule has 1 aromatic carbocycles. The van der Waals surface area contributed by atoms with Crippen LogP contribution >= 0.6 is 22.9 Å². The van der Waals surface area contributed by atoms with Crippen molar-refractivity contribution in [3.63, 3.8) is 0 Å². The molecule has 0 spiro atoms. The number of halogens is 1. The van der Waals surface area contributed by atoms with Gasteiger partial charge in [-0.2, -0.15) is 0 Å². The summed E-state index contributed by atoms with van der Waals surface area (Å²) in [5, 5.41) is 3.41. The van der Waals surface area contributed by atoms with Gasteiger partial charge < -0.3 is 4.98 Å². The number of ketones is 1. The second-order valence-electron chi connectivity index (χ2n) is 3.67. The fourth-order valence-electron chi connectivity index (χ4n) is 1.83. The van der Waals surface area contributed by atoms with Gasteiger partial charge in [-0.05, 0) is 23.6 Å². The average molecular weight is 262 g/mol. The Balaban J connectivity index is 2.15. The number of nitrogens with one attached hydrogen (secondary N) is 1. The standard InChI is InChI=1S/C13H8ClNOS/c14-11-4-2-1-3-9(11)12(16)10-7-15-13-8(10)5-6-17-13/h1-7,15H. The summed E-state index contributed by atoms with van der Waals surface area (Å²) in [5.41, 5.74) is 1.22. The van der Waals surface area contributed by atoms with Crippen LogP contribution in [0.1, 0.15) is 15.9 Å². The maximum absolute atomic E-state index is 12.3. The van der Waals surface area contributed by atoms with E-state index in [1.807, 2.05) is 23.6 Å². The number of aromatic amines is 1. The molecule has 2 aromatic heterocycles. The highest BCUT2D eigenvalue weighted by molar-refractivity contribution is 7.16. The number of carbonyl (C=O) groups is 1. The van der Waals surface area contributed by atoms with E-state index >= 15 is 0 Å². The third kappa shape index (κ3) is 1.68. The normalized spacial score (nSPS) is 10.9. The minimum absolute atomic E-state index is 0.0414. The molecule has 4 heteroatoms. The third-order valence-corrected chi connectivity index (χ3v) is 3.84. The van der Waals surface area contributed by atoms with Crippen LogP contribution in [0.5, 0.6) is 0 Å². The van der Waals surface area contributed by atoms with Gasteiger partial charge >= 0.3 is 0 Å². The van der Waals surface area contributed by atoms with Crippen molar-refractivity contribution in [2.24, 2.45) is 0 Å². The van der Waals surface area contributed by atoms with Crippen LogP contribution in [0.3, 0.4) is 0 Å². The lowest BCUT2D eigenvalue weighted by molar-refractivity contribution is 0.104. The van der Waals surface area contributed by atoms with E-state index in [0.717, 1.165) is 10.2 Å². The molecule has 0 radical (unpaired) electrons. The zero-order valence-electron chi connectivity index (χ0n) is 8.74. The maximum Gasteiger partial charge on any atom is 0.196 e. The number of benzene rings is 1. The summed E-state index contributed by atoms with van der Waals surface area (Å²) < 4.78 is 0. The largest absolute Gasteiger partial charge is 0.352 e. The molecule has 1 N–H and O–H groups in total. The number of hydrogen-bond acceptors (Lipinski definition) is 2. The van der Waals surface area contributed by atoms with Gasteiger partial charge in [-0.25, -0.2) is 0 Å². The Hall–Kier alpha value is -1.58. The molecule has 84 valence electrons. The van der Waals surface area contributed by atoms with Crippen LogP contribution in [0.4, 0.5) is 0 Å². The highest BCUT2D eigenvalue weighted by atomic mass is 35.5. The van der Waals surface area contributed by atoms with E-state index in [9.17, 15) is 4.79 Å². The highest BCUT2D eigenvalue weighted by Crippen LogP contribution is 2.27. The molecule has 0 aliphatic carbocycles. The van der Waals surface area contributed by atoms with Gasteiger partial charge in [-0.3, -0.25) is 4.79 Å². The molecule has 0 fully saturated rings. The van der Waals surface area contributed by atoms with Crippen LogP contribution < -0.4 is 0 Å². The minimum atomic E-state index is -0.0414. The molecule has 2 nitrogen and oxygen atoms in total. The minimum Gasteiger partial charge on any atom is -0.352 e. The molecule has 0 aliphatic rings. The summed E-state index contributed by atoms with van der Waals surface area (Å²) in [6, 6.07) is 9.05. The summed E-state index contributed by atoms with van der Waals surface area (Å²) in [6.45, 7) is 0. The molecular formula is C13H8ClNOS. The fraction of sp³-hybridized carbons (Fsp3) is 0. The lowest BCUT2D eigenvalue weighted by Gasteiger charge is -2.01. The van der Waals surface area contributed by atoms with Crippen LogP contribution in [-0.2, 0) is 0 Å². The second kappa shape index (κ2) is 4.02. The summed E-state index contributed by atoms with van der Waals surface area (Å²) in [6.07, 6.45) is 1.74. The number of aromatic nitrogens is 1. The Morgan fingerprint density at radius 2 is 2.00 bits per heavy atom. The van der Waals surface area contributed by atoms with Crippen molar-refractivity contribution in [1.82, 2.24) is 4.98 Å². The Morgan fingerprint density at radius 1 is 1.18 bits per heavy atom. The summed E-state index contributed by atoms with van der Waals surface area (Å²) in [4.78, 5) is 16.4. The Morgan fingerprint density at radius 3 is 2.82 bits per heavy atom. The zero-order valence-corrected chi connectivity index (χ0v) is 10.3. The highest BCUT2D eigenvalue weighted by Gasteiger charge is 2.16. The molecule has 0 aliphatic heterocycles. The van der Waals surface area contributed by atoms with E-state index in [0.29, 0.717) is 16.1 Å². The molecule has 3 rings (SSSR count). The van der Waals surface area contributed by atoms with Gasteiger partial charge in [0.2, 0.25) is 0 Å². The van der Waals surface area contributed by atoms with Crippen molar-refractivity contribution in [3.8, 4) is 0 Å². The lowest BCUT2D eigenvalue weighted by atomic mass is 10.0. The lowest BCUT2D eigenvalue weighted by Crippen LogP contribution is -2.00. The van der Waals surface area contributed by atoms with Gasteiger partial charge in [0.25, 0.3) is 0 Å². The van der Waals surface area contributed by atoms with Crippen LogP contribution in [0, 0.1) is 0 Å². The molecule has 0 saturated carbocycles. The van der Waals surface area contributed by atoms with Crippen LogP contribution in [0.25, 0.3) is 10.2 Å². The molecule has 2 heterocycles. The van der Waals surface area contributed by atoms with Crippen molar-refractivity contribution in [1.29, 1.82) is 0 Å². The Kier molecular flexibility index (Phi) is 2.50. The first-order valence-electron chi connectivity index (χ1n) is 5.11. The van der Waals surface area contributed by atoms with E-state index in [4.69, 9.17) is 11.6 Å². The first kappa shape index (κ1) is 10.6. The fourth-order valence-corrected chi connectivity index (χ4v) is 2.82. The predicted octanol–water partition coefficient (Wildman–Crippen LogP) is 4.11. The van der Waals surface area contributed by atoms with Crippen LogP contribution in [-0.4, -0.2) is 10.8 Å². The topological polar surface area (TPSA) is 32.9 Å². The van der Waals surface area contributed by atoms with Gasteiger partial charge in [0.1, 0.15) is 4.83 Å². The SMILES string of the molecule is O=C(c1ccccc1Cl)c1c[nH]c2sccc12. The average Bonchev–Trinajstić information content (AvgIpc) is 2.90. The van der Waals surface area contributed by atoms with Crippen LogP contribution in [0.2, 0.25) is 5.02 Å². The molecular weight excluding hydrogens is 254 g/mol. The van der Waals surface area contributed by atoms with E-state index in [1.54, 1.807) is 29.7 Å². The molecule has 0 amide bonds. The van der Waals surface area contributed by atoms with Crippen molar-refractivity contribution < 1.29 is 4.79 Å². The van der Waals surface area contributed by atoms with Gasteiger partial charge in [-0.1, -0.05) is 23.7 Å². The van der Waals surface area contributed by atoms with Gasteiger partial charge in [-0.15, -0.1) is 11.3 Å². The molecule has 0 saturated heterocycles. The summed E-state index contributed by atoms with van der Waals surface area (Å²) >= 11 is 7.62. The van der Waals surface area contributed by atoms with Crippen molar-refractivity contribution in [3.05, 3.63) is 58.1 Å². The quantitative estimate of drug-likeness (QED) is 0.692. The molecule has 0 atom stereocenters. The Labute approximate surface area is 107 Å². The van der Waals surface area contributed by atoms with Crippen LogP contribution in [0.15, 0.2) is 41.9 Å². The van der Waals surface area contributed by atoms with Gasteiger partial charge in [0, 0.05) is 22.7 Å². The molecule has 17 heavy (non-hydrogen) atoms. The predicted molar refractivity (Wildman–Crippen MR) is 71.1 cm³/mol. The number of thiophene rings is 1. The number of hydrogen-bond donors (Lipinski definition) is 1. The van der Waals surface area contributed by atoms with Crippen molar-refractivity contribution in [2.75, 3.05) is 0 Å². The third-order valence-electron chi connectivity index (χ3n) is 2.67. The monoisotopic (exact) mass is 261 g/mol. The van der Waals surface area contributed by atoms with Gasteiger partial charge in [0.05, 0.1) is 5.02 Å². The number of fused-ring (bicyclic) bond motifs is 1. The first-order chi connectivity index (χ1) is 8.27. The van der Waals surface area contributed by atoms with Gasteiger partial charge in [0.15, 0.2) is 5.78 Å². The first-order valence-corrected chi connectivity index (χ1v) is 6.37. The summed E-state index contributed by atoms with van der Waals surface area (Å²) in [5.74, 6) is -0.0414. The molecule has 0 bridgehead atoms. The second-order valence-corrected chi connectivity index (χ2v) is 5.00. The molecule has 3 aromatic rings. The number of rotatable bonds is 2. The van der Waals surface area contributed by atoms with E-state index in [1.165, 1.54) is 0 Å². The van der Waals surface area contributed by atoms with E-state index in [2.05, 4.69) is 4.98 Å². The van der Waals surface area contributed by atoms with E-state index in [-0.39, 0.29) is 5.78 Å². The maximum atomic E-state index is 12.3. The van der Waals surface area contributed by atoms with Crippen molar-refractivity contribution >= 4 is 38.9 Å². The van der Waals surface area contributed by atoms with Crippen molar-refractivity contribution in [2.45, 2.75) is 0 Å². The smallest absolute Gasteiger partial charge is 0.196 e. The number of carbonyl (C=O) groups excluding carboxylic acids is 1. The molecule has 0 unspecified atom stereocenters. The van der Waals surface area contributed by atoms with E-state index < -0.39 is 0 Å². The zero-order chi connectivity index (χ0) is 11.8. The summed E-state index contributed by atoms with van der Waals surface area (Å²) in [7, 11) is 0. The number of H-pyrrole nitrogens is 1.